The highest BCUT2D eigenvalue weighted by atomic mass is 16.6. The molecule has 3 aromatic carbocycles. The molecule has 1 aliphatic rings. The Morgan fingerprint density at radius 2 is 1.48 bits per heavy atom. The van der Waals surface area contributed by atoms with Crippen LogP contribution in [0.1, 0.15) is 12.0 Å². The lowest BCUT2D eigenvalue weighted by atomic mass is 9.88. The Bertz CT molecular complexity index is 919. The quantitative estimate of drug-likeness (QED) is 0.661. The van der Waals surface area contributed by atoms with Crippen LogP contribution in [0.3, 0.4) is 0 Å². The van der Waals surface area contributed by atoms with Crippen LogP contribution in [0.25, 0.3) is 22.3 Å². The van der Waals surface area contributed by atoms with Crippen molar-refractivity contribution in [3.8, 4) is 22.3 Å². The van der Waals surface area contributed by atoms with Gasteiger partial charge in [-0.05, 0) is 46.7 Å². The molecule has 0 bridgehead atoms. The van der Waals surface area contributed by atoms with Crippen molar-refractivity contribution in [2.24, 2.45) is 5.92 Å². The highest BCUT2D eigenvalue weighted by Crippen LogP contribution is 2.32. The number of aliphatic hydroxyl groups is 1. The van der Waals surface area contributed by atoms with Gasteiger partial charge < -0.3 is 9.84 Å². The van der Waals surface area contributed by atoms with Gasteiger partial charge in [-0.15, -0.1) is 0 Å². The fourth-order valence-electron chi connectivity index (χ4n) is 3.64. The fraction of sp³-hybridized carbons (Fsp3) is 0.208. The molecule has 3 aromatic rings. The monoisotopic (exact) mass is 358 g/mol. The van der Waals surface area contributed by atoms with Crippen molar-refractivity contribution in [1.82, 2.24) is 0 Å². The Labute approximate surface area is 159 Å². The predicted octanol–water partition coefficient (Wildman–Crippen LogP) is 4.49. The third kappa shape index (κ3) is 3.64. The number of benzene rings is 3. The van der Waals surface area contributed by atoms with E-state index in [4.69, 9.17) is 4.74 Å². The summed E-state index contributed by atoms with van der Waals surface area (Å²) in [7, 11) is 0. The van der Waals surface area contributed by atoms with Gasteiger partial charge in [0.1, 0.15) is 12.0 Å². The minimum Gasteiger partial charge on any atom is -0.461 e. The molecule has 0 saturated carbocycles. The second-order valence-corrected chi connectivity index (χ2v) is 6.91. The number of rotatable bonds is 6. The van der Waals surface area contributed by atoms with Crippen LogP contribution in [0.2, 0.25) is 0 Å². The van der Waals surface area contributed by atoms with Gasteiger partial charge in [-0.2, -0.15) is 0 Å². The molecule has 2 atom stereocenters. The molecular formula is C24H22O3. The smallest absolute Gasteiger partial charge is 0.315 e. The summed E-state index contributed by atoms with van der Waals surface area (Å²) in [6.07, 6.45) is 1.34. The van der Waals surface area contributed by atoms with Gasteiger partial charge in [-0.25, -0.2) is 0 Å². The number of cyclic esters (lactones) is 1. The molecule has 0 spiro atoms. The van der Waals surface area contributed by atoms with E-state index in [9.17, 15) is 9.90 Å². The molecule has 3 heteroatoms. The molecule has 0 amide bonds. The van der Waals surface area contributed by atoms with Gasteiger partial charge >= 0.3 is 5.97 Å². The van der Waals surface area contributed by atoms with E-state index in [1.807, 2.05) is 36.4 Å². The van der Waals surface area contributed by atoms with Gasteiger partial charge in [-0.1, -0.05) is 72.8 Å². The number of carbonyl (C=O) groups excluding carboxylic acids is 1. The summed E-state index contributed by atoms with van der Waals surface area (Å²) in [6, 6.07) is 27.2. The molecule has 0 aliphatic carbocycles. The first-order valence-corrected chi connectivity index (χ1v) is 9.31. The lowest BCUT2D eigenvalue weighted by Gasteiger charge is -2.34. The van der Waals surface area contributed by atoms with E-state index in [0.29, 0.717) is 0 Å². The number of hydrogen-bond acceptors (Lipinski definition) is 3. The SMILES string of the molecule is O=C1O[C@H](CCc2ccc(-c3ccccc3)cc2-c2ccccc2)[C@H]1CO. The van der Waals surface area contributed by atoms with Crippen LogP contribution in [0.4, 0.5) is 0 Å². The predicted molar refractivity (Wildman–Crippen MR) is 106 cm³/mol. The van der Waals surface area contributed by atoms with Crippen molar-refractivity contribution in [2.75, 3.05) is 6.61 Å². The summed E-state index contributed by atoms with van der Waals surface area (Å²) in [5.41, 5.74) is 5.97. The maximum Gasteiger partial charge on any atom is 0.315 e. The molecule has 1 heterocycles. The first-order valence-electron chi connectivity index (χ1n) is 9.31. The van der Waals surface area contributed by atoms with Crippen molar-refractivity contribution in [3.63, 3.8) is 0 Å². The Hall–Kier alpha value is -2.91. The third-order valence-electron chi connectivity index (χ3n) is 5.22. The van der Waals surface area contributed by atoms with E-state index in [2.05, 4.69) is 42.5 Å². The standard InChI is InChI=1S/C24H22O3/c25-16-22-23(27-24(22)26)14-13-19-11-12-20(17-7-3-1-4-8-17)15-21(19)18-9-5-2-6-10-18/h1-12,15,22-23,25H,13-14,16H2/t22-,23-/m1/s1. The largest absolute Gasteiger partial charge is 0.461 e. The molecule has 0 unspecified atom stereocenters. The average Bonchev–Trinajstić information content (AvgIpc) is 2.72. The van der Waals surface area contributed by atoms with E-state index >= 15 is 0 Å². The van der Waals surface area contributed by atoms with E-state index in [1.54, 1.807) is 0 Å². The number of aryl methyl sites for hydroxylation is 1. The molecule has 3 nitrogen and oxygen atoms in total. The van der Waals surface area contributed by atoms with Crippen molar-refractivity contribution < 1.29 is 14.6 Å². The Morgan fingerprint density at radius 1 is 0.815 bits per heavy atom. The van der Waals surface area contributed by atoms with Crippen LogP contribution in [0.5, 0.6) is 0 Å². The Balaban J connectivity index is 1.63. The maximum absolute atomic E-state index is 11.4. The van der Waals surface area contributed by atoms with Crippen LogP contribution < -0.4 is 0 Å². The summed E-state index contributed by atoms with van der Waals surface area (Å²) in [5.74, 6) is -0.654. The topological polar surface area (TPSA) is 46.5 Å². The molecule has 1 fully saturated rings. The molecular weight excluding hydrogens is 336 g/mol. The summed E-state index contributed by atoms with van der Waals surface area (Å²) in [4.78, 5) is 11.4. The van der Waals surface area contributed by atoms with E-state index in [1.165, 1.54) is 27.8 Å². The van der Waals surface area contributed by atoms with Crippen molar-refractivity contribution in [1.29, 1.82) is 0 Å². The average molecular weight is 358 g/mol. The number of aliphatic hydroxyl groups excluding tert-OH is 1. The Kier molecular flexibility index (Phi) is 5.03. The van der Waals surface area contributed by atoms with Crippen LogP contribution >= 0.6 is 0 Å². The molecule has 0 radical (unpaired) electrons. The molecule has 1 aliphatic heterocycles. The van der Waals surface area contributed by atoms with Crippen LogP contribution in [-0.2, 0) is 16.0 Å². The number of hydrogen-bond donors (Lipinski definition) is 1. The van der Waals surface area contributed by atoms with Gasteiger partial charge in [0.05, 0.1) is 6.61 Å². The van der Waals surface area contributed by atoms with Gasteiger partial charge in [0.2, 0.25) is 0 Å². The van der Waals surface area contributed by atoms with Crippen LogP contribution in [-0.4, -0.2) is 23.8 Å². The first-order chi connectivity index (χ1) is 13.3. The highest BCUT2D eigenvalue weighted by molar-refractivity contribution is 5.79. The molecule has 1 saturated heterocycles. The zero-order valence-electron chi connectivity index (χ0n) is 15.0. The summed E-state index contributed by atoms with van der Waals surface area (Å²) in [6.45, 7) is -0.137. The molecule has 4 rings (SSSR count). The number of esters is 1. The second kappa shape index (κ2) is 7.77. The zero-order valence-corrected chi connectivity index (χ0v) is 15.0. The van der Waals surface area contributed by atoms with Crippen molar-refractivity contribution >= 4 is 5.97 Å². The summed E-state index contributed by atoms with van der Waals surface area (Å²) in [5, 5.41) is 9.32. The van der Waals surface area contributed by atoms with Gasteiger partial charge in [-0.3, -0.25) is 4.79 Å². The van der Waals surface area contributed by atoms with E-state index in [0.717, 1.165) is 12.8 Å². The zero-order chi connectivity index (χ0) is 18.6. The maximum atomic E-state index is 11.4. The van der Waals surface area contributed by atoms with Gasteiger partial charge in [0.25, 0.3) is 0 Å². The van der Waals surface area contributed by atoms with E-state index < -0.39 is 0 Å². The summed E-state index contributed by atoms with van der Waals surface area (Å²) >= 11 is 0. The number of ether oxygens (including phenoxy) is 1. The summed E-state index contributed by atoms with van der Waals surface area (Å²) < 4.78 is 5.20. The van der Waals surface area contributed by atoms with Crippen molar-refractivity contribution in [2.45, 2.75) is 18.9 Å². The van der Waals surface area contributed by atoms with Crippen LogP contribution in [0.15, 0.2) is 78.9 Å². The minimum atomic E-state index is -0.367. The normalized spacial score (nSPS) is 18.6. The van der Waals surface area contributed by atoms with Gasteiger partial charge in [0, 0.05) is 0 Å². The minimum absolute atomic E-state index is 0.137. The molecule has 1 N–H and O–H groups in total. The second-order valence-electron chi connectivity index (χ2n) is 6.91. The molecule has 0 aromatic heterocycles. The third-order valence-corrected chi connectivity index (χ3v) is 5.22. The molecule has 27 heavy (non-hydrogen) atoms. The van der Waals surface area contributed by atoms with Gasteiger partial charge in [0.15, 0.2) is 0 Å². The van der Waals surface area contributed by atoms with Crippen LogP contribution in [0, 0.1) is 5.92 Å². The van der Waals surface area contributed by atoms with Crippen molar-refractivity contribution in [3.05, 3.63) is 84.4 Å². The van der Waals surface area contributed by atoms with E-state index in [-0.39, 0.29) is 24.6 Å². The lowest BCUT2D eigenvalue weighted by molar-refractivity contribution is -0.188. The fourth-order valence-corrected chi connectivity index (χ4v) is 3.64. The Morgan fingerprint density at radius 3 is 2.11 bits per heavy atom. The first kappa shape index (κ1) is 17.5. The number of carbonyl (C=O) groups is 1. The highest BCUT2D eigenvalue weighted by Gasteiger charge is 2.41. The lowest BCUT2D eigenvalue weighted by Crippen LogP contribution is -2.47. The molecule has 136 valence electrons.